The molecule has 6 heteroatoms. The van der Waals surface area contributed by atoms with Crippen molar-refractivity contribution < 1.29 is 9.94 Å². The number of rotatable bonds is 4. The lowest BCUT2D eigenvalue weighted by Gasteiger charge is -2.15. The summed E-state index contributed by atoms with van der Waals surface area (Å²) in [5, 5.41) is 14.6. The van der Waals surface area contributed by atoms with Crippen LogP contribution in [0.2, 0.25) is 0 Å². The largest absolute Gasteiger partial charge is 0.497 e. The van der Waals surface area contributed by atoms with E-state index in [1.807, 2.05) is 18.2 Å². The van der Waals surface area contributed by atoms with E-state index in [0.29, 0.717) is 0 Å². The van der Waals surface area contributed by atoms with E-state index in [1.165, 1.54) is 0 Å². The summed E-state index contributed by atoms with van der Waals surface area (Å²) in [7, 11) is 1.60. The van der Waals surface area contributed by atoms with Crippen LogP contribution < -0.4 is 15.8 Å². The van der Waals surface area contributed by atoms with Crippen molar-refractivity contribution in [1.29, 1.82) is 0 Å². The maximum absolute atomic E-state index is 8.54. The Hall–Kier alpha value is -1.43. The van der Waals surface area contributed by atoms with Gasteiger partial charge in [0.1, 0.15) is 5.75 Å². The second-order valence-corrected chi connectivity index (χ2v) is 4.09. The molecule has 0 aliphatic carbocycles. The highest BCUT2D eigenvalue weighted by Crippen LogP contribution is 2.27. The van der Waals surface area contributed by atoms with E-state index in [1.54, 1.807) is 14.0 Å². The summed E-state index contributed by atoms with van der Waals surface area (Å²) >= 11 is 3.40. The summed E-state index contributed by atoms with van der Waals surface area (Å²) in [6.45, 7) is 1.79. The molecule has 1 aromatic carbocycles. The second-order valence-electron chi connectivity index (χ2n) is 3.24. The minimum Gasteiger partial charge on any atom is -0.497 e. The minimum absolute atomic E-state index is 0.120. The third-order valence-electron chi connectivity index (χ3n) is 2.10. The lowest BCUT2D eigenvalue weighted by Crippen LogP contribution is -2.33. The Balaban J connectivity index is 2.87. The SMILES string of the molecule is COc1ccc(Br)c(NC(C)C(N)=NO)c1. The van der Waals surface area contributed by atoms with Gasteiger partial charge >= 0.3 is 0 Å². The molecule has 4 N–H and O–H groups in total. The minimum atomic E-state index is -0.270. The lowest BCUT2D eigenvalue weighted by molar-refractivity contribution is 0.316. The van der Waals surface area contributed by atoms with E-state index >= 15 is 0 Å². The molecular weight excluding hydrogens is 274 g/mol. The van der Waals surface area contributed by atoms with E-state index in [0.717, 1.165) is 15.9 Å². The molecule has 1 unspecified atom stereocenters. The Morgan fingerprint density at radius 1 is 1.62 bits per heavy atom. The van der Waals surface area contributed by atoms with Crippen LogP contribution in [0.25, 0.3) is 0 Å². The molecule has 16 heavy (non-hydrogen) atoms. The van der Waals surface area contributed by atoms with Crippen LogP contribution in [-0.4, -0.2) is 24.2 Å². The maximum atomic E-state index is 8.54. The Labute approximate surface area is 102 Å². The smallest absolute Gasteiger partial charge is 0.161 e. The fraction of sp³-hybridized carbons (Fsp3) is 0.300. The molecule has 0 spiro atoms. The predicted molar refractivity (Wildman–Crippen MR) is 67.2 cm³/mol. The Bertz CT molecular complexity index is 396. The van der Waals surface area contributed by atoms with E-state index in [4.69, 9.17) is 15.7 Å². The summed E-state index contributed by atoms with van der Waals surface area (Å²) in [5.74, 6) is 0.854. The van der Waals surface area contributed by atoms with Crippen molar-refractivity contribution in [2.75, 3.05) is 12.4 Å². The Morgan fingerprint density at radius 2 is 2.31 bits per heavy atom. The van der Waals surface area contributed by atoms with Gasteiger partial charge in [-0.1, -0.05) is 5.16 Å². The van der Waals surface area contributed by atoms with Crippen molar-refractivity contribution in [3.8, 4) is 5.75 Å². The van der Waals surface area contributed by atoms with Gasteiger partial charge in [-0.15, -0.1) is 0 Å². The molecule has 88 valence electrons. The first-order valence-corrected chi connectivity index (χ1v) is 5.45. The number of nitrogens with zero attached hydrogens (tertiary/aromatic N) is 1. The van der Waals surface area contributed by atoms with Crippen LogP contribution >= 0.6 is 15.9 Å². The molecule has 0 amide bonds. The fourth-order valence-corrected chi connectivity index (χ4v) is 1.50. The van der Waals surface area contributed by atoms with Crippen LogP contribution in [0.3, 0.4) is 0 Å². The number of nitrogens with one attached hydrogen (secondary N) is 1. The van der Waals surface area contributed by atoms with Gasteiger partial charge < -0.3 is 21.0 Å². The molecule has 5 nitrogen and oxygen atoms in total. The number of methoxy groups -OCH3 is 1. The number of nitrogens with two attached hydrogens (primary N) is 1. The van der Waals surface area contributed by atoms with Gasteiger partial charge in [-0.3, -0.25) is 0 Å². The Kier molecular flexibility index (Phi) is 4.42. The summed E-state index contributed by atoms with van der Waals surface area (Å²) in [5.41, 5.74) is 6.29. The fourth-order valence-electron chi connectivity index (χ4n) is 1.14. The van der Waals surface area contributed by atoms with Crippen LogP contribution in [0.5, 0.6) is 5.75 Å². The first-order valence-electron chi connectivity index (χ1n) is 4.66. The molecule has 1 aromatic rings. The van der Waals surface area contributed by atoms with Crippen molar-refractivity contribution in [3.63, 3.8) is 0 Å². The molecule has 0 heterocycles. The summed E-state index contributed by atoms with van der Waals surface area (Å²) in [4.78, 5) is 0. The van der Waals surface area contributed by atoms with Gasteiger partial charge in [-0.05, 0) is 35.0 Å². The molecule has 0 aliphatic heterocycles. The monoisotopic (exact) mass is 287 g/mol. The van der Waals surface area contributed by atoms with Crippen molar-refractivity contribution in [2.24, 2.45) is 10.9 Å². The van der Waals surface area contributed by atoms with Gasteiger partial charge in [-0.25, -0.2) is 0 Å². The number of halogens is 1. The first-order chi connectivity index (χ1) is 7.58. The number of ether oxygens (including phenoxy) is 1. The predicted octanol–water partition coefficient (Wildman–Crippen LogP) is 2.00. The van der Waals surface area contributed by atoms with Crippen molar-refractivity contribution in [1.82, 2.24) is 0 Å². The van der Waals surface area contributed by atoms with Crippen LogP contribution in [-0.2, 0) is 0 Å². The zero-order chi connectivity index (χ0) is 12.1. The molecule has 0 saturated carbocycles. The molecule has 0 bridgehead atoms. The van der Waals surface area contributed by atoms with Crippen molar-refractivity contribution in [2.45, 2.75) is 13.0 Å². The number of amidine groups is 1. The van der Waals surface area contributed by atoms with Gasteiger partial charge in [0.15, 0.2) is 5.84 Å². The zero-order valence-corrected chi connectivity index (χ0v) is 10.7. The van der Waals surface area contributed by atoms with E-state index in [-0.39, 0.29) is 11.9 Å². The van der Waals surface area contributed by atoms with Crippen molar-refractivity contribution in [3.05, 3.63) is 22.7 Å². The van der Waals surface area contributed by atoms with E-state index < -0.39 is 0 Å². The topological polar surface area (TPSA) is 79.9 Å². The van der Waals surface area contributed by atoms with Gasteiger partial charge in [0, 0.05) is 10.5 Å². The molecule has 1 rings (SSSR count). The van der Waals surface area contributed by atoms with Crippen LogP contribution in [0.1, 0.15) is 6.92 Å². The van der Waals surface area contributed by atoms with Gasteiger partial charge in [-0.2, -0.15) is 0 Å². The summed E-state index contributed by atoms with van der Waals surface area (Å²) in [6, 6.07) is 5.25. The third kappa shape index (κ3) is 3.03. The maximum Gasteiger partial charge on any atom is 0.161 e. The van der Waals surface area contributed by atoms with Gasteiger partial charge in [0.2, 0.25) is 0 Å². The number of anilines is 1. The highest BCUT2D eigenvalue weighted by Gasteiger charge is 2.09. The van der Waals surface area contributed by atoms with Crippen molar-refractivity contribution >= 4 is 27.5 Å². The quantitative estimate of drug-likeness (QED) is 0.343. The molecule has 0 saturated heterocycles. The van der Waals surface area contributed by atoms with Gasteiger partial charge in [0.25, 0.3) is 0 Å². The summed E-state index contributed by atoms with van der Waals surface area (Å²) < 4.78 is 5.99. The van der Waals surface area contributed by atoms with E-state index in [2.05, 4.69) is 26.4 Å². The zero-order valence-electron chi connectivity index (χ0n) is 9.07. The van der Waals surface area contributed by atoms with E-state index in [9.17, 15) is 0 Å². The van der Waals surface area contributed by atoms with Crippen LogP contribution in [0, 0.1) is 0 Å². The average Bonchev–Trinajstić information content (AvgIpc) is 2.30. The number of hydrogen-bond donors (Lipinski definition) is 3. The molecule has 0 radical (unpaired) electrons. The molecule has 0 aromatic heterocycles. The Morgan fingerprint density at radius 3 is 2.88 bits per heavy atom. The highest BCUT2D eigenvalue weighted by molar-refractivity contribution is 9.10. The van der Waals surface area contributed by atoms with Crippen LogP contribution in [0.4, 0.5) is 5.69 Å². The molecular formula is C10H14BrN3O2. The van der Waals surface area contributed by atoms with Gasteiger partial charge in [0.05, 0.1) is 18.8 Å². The number of benzene rings is 1. The molecule has 0 fully saturated rings. The lowest BCUT2D eigenvalue weighted by atomic mass is 10.2. The molecule has 1 atom stereocenters. The second kappa shape index (κ2) is 5.60. The first kappa shape index (κ1) is 12.6. The van der Waals surface area contributed by atoms with Crippen LogP contribution in [0.15, 0.2) is 27.8 Å². The normalized spacial score (nSPS) is 13.3. The highest BCUT2D eigenvalue weighted by atomic mass is 79.9. The molecule has 0 aliphatic rings. The third-order valence-corrected chi connectivity index (χ3v) is 2.80. The standard InChI is InChI=1S/C10H14BrN3O2/c1-6(10(12)14-15)13-9-5-7(16-2)3-4-8(9)11/h3-6,13,15H,1-2H3,(H2,12,14). The number of hydrogen-bond acceptors (Lipinski definition) is 4. The average molecular weight is 288 g/mol. The summed E-state index contributed by atoms with van der Waals surface area (Å²) in [6.07, 6.45) is 0. The number of oxime groups is 1.